The molecule has 3 nitrogen and oxygen atoms in total. The van der Waals surface area contributed by atoms with Crippen LogP contribution in [0.2, 0.25) is 0 Å². The quantitative estimate of drug-likeness (QED) is 0.851. The topological polar surface area (TPSA) is 56.0 Å². The van der Waals surface area contributed by atoms with Crippen LogP contribution < -0.4 is 5.73 Å². The predicted octanol–water partition coefficient (Wildman–Crippen LogP) is 1.77. The third-order valence-corrected chi connectivity index (χ3v) is 3.84. The molecule has 0 spiro atoms. The first-order chi connectivity index (χ1) is 7.27. The number of ketones is 1. The van der Waals surface area contributed by atoms with Gasteiger partial charge >= 0.3 is 0 Å². The Bertz CT molecular complexity index is 323. The van der Waals surface area contributed by atoms with E-state index >= 15 is 0 Å². The van der Waals surface area contributed by atoms with Gasteiger partial charge in [-0.25, -0.2) is 0 Å². The van der Waals surface area contributed by atoms with Gasteiger partial charge in [-0.15, -0.1) is 11.3 Å². The van der Waals surface area contributed by atoms with Crippen LogP contribution in [0.1, 0.15) is 30.6 Å². The maximum atomic E-state index is 12.0. The van der Waals surface area contributed by atoms with E-state index in [2.05, 4.69) is 4.98 Å². The first-order valence-electron chi connectivity index (χ1n) is 5.43. The van der Waals surface area contributed by atoms with Crippen molar-refractivity contribution in [2.24, 2.45) is 11.7 Å². The second kappa shape index (κ2) is 4.86. The second-order valence-corrected chi connectivity index (χ2v) is 5.14. The standard InChI is InChI=1S/C11H16N2OS/c12-10-4-2-1-3-9(10)11(14)5-8-6-13-7-15-8/h6-7,9-10H,1-5,12H2. The molecule has 1 fully saturated rings. The molecule has 1 saturated carbocycles. The Morgan fingerprint density at radius 3 is 3.00 bits per heavy atom. The molecule has 0 saturated heterocycles. The molecule has 0 radical (unpaired) electrons. The van der Waals surface area contributed by atoms with Crippen LogP contribution in [0.15, 0.2) is 11.7 Å². The van der Waals surface area contributed by atoms with Crippen LogP contribution in [0.25, 0.3) is 0 Å². The molecule has 2 N–H and O–H groups in total. The summed E-state index contributed by atoms with van der Waals surface area (Å²) in [4.78, 5) is 17.0. The third-order valence-electron chi connectivity index (χ3n) is 3.06. The molecule has 1 aromatic heterocycles. The fourth-order valence-electron chi connectivity index (χ4n) is 2.19. The van der Waals surface area contributed by atoms with Gasteiger partial charge in [0.05, 0.1) is 5.51 Å². The van der Waals surface area contributed by atoms with E-state index in [0.717, 1.165) is 24.1 Å². The molecule has 2 rings (SSSR count). The Balaban J connectivity index is 1.95. The highest BCUT2D eigenvalue weighted by atomic mass is 32.1. The van der Waals surface area contributed by atoms with Crippen molar-refractivity contribution in [2.45, 2.75) is 38.1 Å². The molecule has 82 valence electrons. The summed E-state index contributed by atoms with van der Waals surface area (Å²) in [5.74, 6) is 0.382. The first kappa shape index (κ1) is 10.8. The van der Waals surface area contributed by atoms with E-state index in [1.54, 1.807) is 23.0 Å². The summed E-state index contributed by atoms with van der Waals surface area (Å²) in [7, 11) is 0. The summed E-state index contributed by atoms with van der Waals surface area (Å²) in [6.07, 6.45) is 6.58. The first-order valence-corrected chi connectivity index (χ1v) is 6.31. The molecule has 1 aliphatic carbocycles. The van der Waals surface area contributed by atoms with Gasteiger partial charge in [-0.3, -0.25) is 9.78 Å². The normalized spacial score (nSPS) is 26.5. The van der Waals surface area contributed by atoms with Gasteiger partial charge in [0.2, 0.25) is 0 Å². The number of rotatable bonds is 3. The number of hydrogen-bond acceptors (Lipinski definition) is 4. The van der Waals surface area contributed by atoms with Crippen LogP contribution in [0.4, 0.5) is 0 Å². The third kappa shape index (κ3) is 2.63. The fraction of sp³-hybridized carbons (Fsp3) is 0.636. The van der Waals surface area contributed by atoms with Crippen molar-refractivity contribution in [1.29, 1.82) is 0 Å². The summed E-state index contributed by atoms with van der Waals surface area (Å²) in [6, 6.07) is 0.0826. The minimum Gasteiger partial charge on any atom is -0.327 e. The Labute approximate surface area is 93.7 Å². The minimum atomic E-state index is 0.0826. The van der Waals surface area contributed by atoms with Crippen molar-refractivity contribution in [1.82, 2.24) is 4.98 Å². The van der Waals surface area contributed by atoms with E-state index in [1.807, 2.05) is 0 Å². The molecule has 1 aliphatic rings. The van der Waals surface area contributed by atoms with Crippen LogP contribution in [0, 0.1) is 5.92 Å². The van der Waals surface area contributed by atoms with E-state index in [1.165, 1.54) is 6.42 Å². The van der Waals surface area contributed by atoms with Crippen molar-refractivity contribution in [2.75, 3.05) is 0 Å². The second-order valence-electron chi connectivity index (χ2n) is 4.17. The Morgan fingerprint density at radius 1 is 1.53 bits per heavy atom. The van der Waals surface area contributed by atoms with E-state index in [-0.39, 0.29) is 12.0 Å². The number of carbonyl (C=O) groups excluding carboxylic acids is 1. The summed E-state index contributed by atoms with van der Waals surface area (Å²) >= 11 is 1.54. The lowest BCUT2D eigenvalue weighted by molar-refractivity contribution is -0.123. The SMILES string of the molecule is NC1CCCCC1C(=O)Cc1cncs1. The number of carbonyl (C=O) groups is 1. The van der Waals surface area contributed by atoms with Gasteiger partial charge < -0.3 is 5.73 Å². The molecule has 0 amide bonds. The molecule has 0 aliphatic heterocycles. The van der Waals surface area contributed by atoms with Crippen LogP contribution in [0.5, 0.6) is 0 Å². The molecule has 2 atom stereocenters. The Hall–Kier alpha value is -0.740. The molecule has 0 bridgehead atoms. The van der Waals surface area contributed by atoms with Crippen molar-refractivity contribution in [3.05, 3.63) is 16.6 Å². The number of nitrogens with zero attached hydrogens (tertiary/aromatic N) is 1. The number of aromatic nitrogens is 1. The predicted molar refractivity (Wildman–Crippen MR) is 60.8 cm³/mol. The average Bonchev–Trinajstić information content (AvgIpc) is 2.71. The highest BCUT2D eigenvalue weighted by molar-refractivity contribution is 7.09. The van der Waals surface area contributed by atoms with Gasteiger partial charge in [0.1, 0.15) is 5.78 Å². The number of thiazole rings is 1. The molecule has 0 aromatic carbocycles. The van der Waals surface area contributed by atoms with Crippen LogP contribution >= 0.6 is 11.3 Å². The number of Topliss-reactive ketones (excluding diaryl/α,β-unsaturated/α-hetero) is 1. The van der Waals surface area contributed by atoms with Crippen LogP contribution in [-0.4, -0.2) is 16.8 Å². The monoisotopic (exact) mass is 224 g/mol. The van der Waals surface area contributed by atoms with Crippen molar-refractivity contribution >= 4 is 17.1 Å². The number of nitrogens with two attached hydrogens (primary N) is 1. The lowest BCUT2D eigenvalue weighted by Gasteiger charge is -2.27. The van der Waals surface area contributed by atoms with Gasteiger partial charge in [-0.05, 0) is 12.8 Å². The fourth-order valence-corrected chi connectivity index (χ4v) is 2.80. The summed E-state index contributed by atoms with van der Waals surface area (Å²) in [5, 5.41) is 0. The molecule has 4 heteroatoms. The Morgan fingerprint density at radius 2 is 2.33 bits per heavy atom. The molecule has 15 heavy (non-hydrogen) atoms. The van der Waals surface area contributed by atoms with Gasteiger partial charge in [0.25, 0.3) is 0 Å². The van der Waals surface area contributed by atoms with Crippen molar-refractivity contribution in [3.8, 4) is 0 Å². The maximum Gasteiger partial charge on any atom is 0.142 e. The zero-order valence-electron chi connectivity index (χ0n) is 8.69. The van der Waals surface area contributed by atoms with E-state index in [0.29, 0.717) is 12.2 Å². The zero-order valence-corrected chi connectivity index (χ0v) is 9.50. The largest absolute Gasteiger partial charge is 0.327 e. The van der Waals surface area contributed by atoms with E-state index in [4.69, 9.17) is 5.73 Å². The molecule has 1 aromatic rings. The molecular formula is C11H16N2OS. The lowest BCUT2D eigenvalue weighted by Crippen LogP contribution is -2.38. The smallest absolute Gasteiger partial charge is 0.142 e. The zero-order chi connectivity index (χ0) is 10.7. The van der Waals surface area contributed by atoms with Gasteiger partial charge in [-0.2, -0.15) is 0 Å². The van der Waals surface area contributed by atoms with Crippen LogP contribution in [-0.2, 0) is 11.2 Å². The maximum absolute atomic E-state index is 12.0. The Kier molecular flexibility index (Phi) is 3.49. The van der Waals surface area contributed by atoms with Crippen molar-refractivity contribution < 1.29 is 4.79 Å². The van der Waals surface area contributed by atoms with Gasteiger partial charge in [0, 0.05) is 29.5 Å². The molecular weight excluding hydrogens is 208 g/mol. The average molecular weight is 224 g/mol. The lowest BCUT2D eigenvalue weighted by atomic mass is 9.81. The molecule has 1 heterocycles. The highest BCUT2D eigenvalue weighted by Gasteiger charge is 2.27. The summed E-state index contributed by atoms with van der Waals surface area (Å²) in [6.45, 7) is 0. The van der Waals surface area contributed by atoms with Gasteiger partial charge in [0.15, 0.2) is 0 Å². The van der Waals surface area contributed by atoms with Crippen LogP contribution in [0.3, 0.4) is 0 Å². The highest BCUT2D eigenvalue weighted by Crippen LogP contribution is 2.25. The molecule has 2 unspecified atom stereocenters. The van der Waals surface area contributed by atoms with E-state index in [9.17, 15) is 4.79 Å². The minimum absolute atomic E-state index is 0.0826. The summed E-state index contributed by atoms with van der Waals surface area (Å²) in [5.41, 5.74) is 7.74. The van der Waals surface area contributed by atoms with E-state index < -0.39 is 0 Å². The summed E-state index contributed by atoms with van der Waals surface area (Å²) < 4.78 is 0. The number of hydrogen-bond donors (Lipinski definition) is 1. The van der Waals surface area contributed by atoms with Crippen molar-refractivity contribution in [3.63, 3.8) is 0 Å². The van der Waals surface area contributed by atoms with Gasteiger partial charge in [-0.1, -0.05) is 12.8 Å².